The number of aryl methyl sites for hydroxylation is 2. The van der Waals surface area contributed by atoms with Crippen molar-refractivity contribution in [3.05, 3.63) is 51.3 Å². The molecule has 0 spiro atoms. The third kappa shape index (κ3) is 3.30. The van der Waals surface area contributed by atoms with Gasteiger partial charge in [0.2, 0.25) is 0 Å². The highest BCUT2D eigenvalue weighted by atomic mass is 35.5. The first-order valence-corrected chi connectivity index (χ1v) is 6.91. The van der Waals surface area contributed by atoms with Gasteiger partial charge in [-0.05, 0) is 31.5 Å². The molecule has 1 atom stereocenters. The second-order valence-corrected chi connectivity index (χ2v) is 5.44. The summed E-state index contributed by atoms with van der Waals surface area (Å²) in [7, 11) is 1.91. The first kappa shape index (κ1) is 14.4. The summed E-state index contributed by atoms with van der Waals surface area (Å²) in [6.07, 6.45) is 0. The molecule has 2 aromatic rings. The zero-order valence-electron chi connectivity index (χ0n) is 11.2. The molecule has 0 bridgehead atoms. The van der Waals surface area contributed by atoms with E-state index < -0.39 is 0 Å². The molecule has 1 aromatic heterocycles. The first-order chi connectivity index (χ1) is 8.99. The number of halogens is 2. The number of hydrogen-bond donors (Lipinski definition) is 1. The van der Waals surface area contributed by atoms with Crippen molar-refractivity contribution in [3.8, 4) is 0 Å². The van der Waals surface area contributed by atoms with Gasteiger partial charge in [0.1, 0.15) is 0 Å². The molecule has 3 nitrogen and oxygen atoms in total. The van der Waals surface area contributed by atoms with Crippen LogP contribution in [0.25, 0.3) is 0 Å². The van der Waals surface area contributed by atoms with Gasteiger partial charge in [0, 0.05) is 24.7 Å². The zero-order valence-corrected chi connectivity index (χ0v) is 12.8. The Morgan fingerprint density at radius 2 is 1.89 bits per heavy atom. The summed E-state index contributed by atoms with van der Waals surface area (Å²) in [6.45, 7) is 4.70. The minimum absolute atomic E-state index is 0.225. The molecule has 0 amide bonds. The molecule has 0 fully saturated rings. The molecule has 0 saturated heterocycles. The number of rotatable bonds is 4. The van der Waals surface area contributed by atoms with Crippen LogP contribution >= 0.6 is 23.2 Å². The third-order valence-electron chi connectivity index (χ3n) is 3.21. The highest BCUT2D eigenvalue weighted by molar-refractivity contribution is 6.31. The van der Waals surface area contributed by atoms with Crippen molar-refractivity contribution in [1.82, 2.24) is 15.1 Å². The smallest absolute Gasteiger partial charge is 0.0860 e. The van der Waals surface area contributed by atoms with E-state index in [0.29, 0.717) is 6.54 Å². The molecule has 1 N–H and O–H groups in total. The molecule has 102 valence electrons. The lowest BCUT2D eigenvalue weighted by Gasteiger charge is -2.14. The zero-order chi connectivity index (χ0) is 14.0. The summed E-state index contributed by atoms with van der Waals surface area (Å²) in [4.78, 5) is 0. The van der Waals surface area contributed by atoms with Crippen LogP contribution < -0.4 is 5.32 Å². The Morgan fingerprint density at radius 3 is 2.42 bits per heavy atom. The van der Waals surface area contributed by atoms with Gasteiger partial charge in [0.25, 0.3) is 0 Å². The highest BCUT2D eigenvalue weighted by Crippen LogP contribution is 2.21. The Balaban J connectivity index is 2.04. The van der Waals surface area contributed by atoms with E-state index in [4.69, 9.17) is 23.2 Å². The van der Waals surface area contributed by atoms with E-state index in [1.165, 1.54) is 5.56 Å². The summed E-state index contributed by atoms with van der Waals surface area (Å²) in [5.41, 5.74) is 3.06. The molecule has 1 heterocycles. The van der Waals surface area contributed by atoms with Crippen molar-refractivity contribution >= 4 is 23.2 Å². The molecule has 1 aromatic carbocycles. The van der Waals surface area contributed by atoms with Gasteiger partial charge in [0.15, 0.2) is 0 Å². The molecule has 2 rings (SSSR count). The van der Waals surface area contributed by atoms with E-state index >= 15 is 0 Å². The summed E-state index contributed by atoms with van der Waals surface area (Å²) >= 11 is 12.1. The second-order valence-electron chi connectivity index (χ2n) is 4.62. The summed E-state index contributed by atoms with van der Waals surface area (Å²) < 4.78 is 1.82. The topological polar surface area (TPSA) is 29.9 Å². The van der Waals surface area contributed by atoms with Crippen molar-refractivity contribution in [2.24, 2.45) is 7.05 Å². The van der Waals surface area contributed by atoms with E-state index in [2.05, 4.69) is 17.3 Å². The molecule has 1 unspecified atom stereocenters. The van der Waals surface area contributed by atoms with E-state index in [0.717, 1.165) is 21.4 Å². The summed E-state index contributed by atoms with van der Waals surface area (Å²) in [5, 5.41) is 9.23. The van der Waals surface area contributed by atoms with Crippen LogP contribution in [-0.2, 0) is 13.6 Å². The van der Waals surface area contributed by atoms with Crippen LogP contribution in [0.1, 0.15) is 29.9 Å². The Labute approximate surface area is 123 Å². The predicted molar refractivity (Wildman–Crippen MR) is 79.7 cm³/mol. The van der Waals surface area contributed by atoms with E-state index in [-0.39, 0.29) is 6.04 Å². The average molecular weight is 298 g/mol. The lowest BCUT2D eigenvalue weighted by atomic mass is 10.1. The SMILES string of the molecule is Cc1nn(C)c(CNC(C)c2ccc(Cl)cc2)c1Cl. The third-order valence-corrected chi connectivity index (χ3v) is 3.95. The lowest BCUT2D eigenvalue weighted by molar-refractivity contribution is 0.548. The van der Waals surface area contributed by atoms with Crippen molar-refractivity contribution in [1.29, 1.82) is 0 Å². The fourth-order valence-corrected chi connectivity index (χ4v) is 2.34. The largest absolute Gasteiger partial charge is 0.305 e. The Morgan fingerprint density at radius 1 is 1.26 bits per heavy atom. The number of nitrogens with one attached hydrogen (secondary N) is 1. The number of aromatic nitrogens is 2. The van der Waals surface area contributed by atoms with E-state index in [1.54, 1.807) is 0 Å². The van der Waals surface area contributed by atoms with Gasteiger partial charge in [-0.25, -0.2) is 0 Å². The van der Waals surface area contributed by atoms with Crippen LogP contribution in [0.4, 0.5) is 0 Å². The molecule has 0 radical (unpaired) electrons. The van der Waals surface area contributed by atoms with Crippen molar-refractivity contribution in [2.75, 3.05) is 0 Å². The van der Waals surface area contributed by atoms with Crippen LogP contribution in [0.15, 0.2) is 24.3 Å². The van der Waals surface area contributed by atoms with Gasteiger partial charge in [0.05, 0.1) is 16.4 Å². The molecule has 0 aliphatic rings. The molecule has 5 heteroatoms. The van der Waals surface area contributed by atoms with E-state index in [1.807, 2.05) is 42.9 Å². The van der Waals surface area contributed by atoms with Crippen LogP contribution in [0, 0.1) is 6.92 Å². The molecular weight excluding hydrogens is 281 g/mol. The Kier molecular flexibility index (Phi) is 4.50. The van der Waals surface area contributed by atoms with Crippen LogP contribution in [-0.4, -0.2) is 9.78 Å². The van der Waals surface area contributed by atoms with Gasteiger partial charge < -0.3 is 5.32 Å². The summed E-state index contributed by atoms with van der Waals surface area (Å²) in [6, 6.07) is 8.07. The van der Waals surface area contributed by atoms with Crippen molar-refractivity contribution in [3.63, 3.8) is 0 Å². The van der Waals surface area contributed by atoms with E-state index in [9.17, 15) is 0 Å². The van der Waals surface area contributed by atoms with Gasteiger partial charge >= 0.3 is 0 Å². The van der Waals surface area contributed by atoms with Gasteiger partial charge in [-0.2, -0.15) is 5.10 Å². The predicted octanol–water partition coefficient (Wildman–Crippen LogP) is 3.89. The lowest BCUT2D eigenvalue weighted by Crippen LogP contribution is -2.20. The van der Waals surface area contributed by atoms with Crippen LogP contribution in [0.2, 0.25) is 10.0 Å². The minimum Gasteiger partial charge on any atom is -0.305 e. The molecule has 19 heavy (non-hydrogen) atoms. The number of nitrogens with zero attached hydrogens (tertiary/aromatic N) is 2. The van der Waals surface area contributed by atoms with Gasteiger partial charge in [-0.3, -0.25) is 4.68 Å². The highest BCUT2D eigenvalue weighted by Gasteiger charge is 2.12. The number of hydrogen-bond acceptors (Lipinski definition) is 2. The maximum absolute atomic E-state index is 6.22. The number of benzene rings is 1. The maximum Gasteiger partial charge on any atom is 0.0860 e. The summed E-state index contributed by atoms with van der Waals surface area (Å²) in [5.74, 6) is 0. The molecule has 0 aliphatic carbocycles. The van der Waals surface area contributed by atoms with Crippen LogP contribution in [0.3, 0.4) is 0 Å². The quantitative estimate of drug-likeness (QED) is 0.928. The monoisotopic (exact) mass is 297 g/mol. The Hall–Kier alpha value is -1.03. The first-order valence-electron chi connectivity index (χ1n) is 6.16. The average Bonchev–Trinajstić information content (AvgIpc) is 2.62. The molecule has 0 aliphatic heterocycles. The van der Waals surface area contributed by atoms with Crippen LogP contribution in [0.5, 0.6) is 0 Å². The minimum atomic E-state index is 0.225. The fourth-order valence-electron chi connectivity index (χ4n) is 1.99. The standard InChI is InChI=1S/C14H17Cl2N3/c1-9(11-4-6-12(15)7-5-11)17-8-13-14(16)10(2)18-19(13)3/h4-7,9,17H,8H2,1-3H3. The second kappa shape index (κ2) is 5.95. The van der Waals surface area contributed by atoms with Gasteiger partial charge in [-0.15, -0.1) is 0 Å². The van der Waals surface area contributed by atoms with Gasteiger partial charge in [-0.1, -0.05) is 35.3 Å². The molecule has 0 saturated carbocycles. The van der Waals surface area contributed by atoms with Crippen molar-refractivity contribution < 1.29 is 0 Å². The maximum atomic E-state index is 6.22. The Bertz CT molecular complexity index is 561. The fraction of sp³-hybridized carbons (Fsp3) is 0.357. The molecular formula is C14H17Cl2N3. The normalized spacial score (nSPS) is 12.7. The van der Waals surface area contributed by atoms with Crippen molar-refractivity contribution in [2.45, 2.75) is 26.4 Å².